The molecule has 1 aromatic carbocycles. The number of aromatic amines is 1. The zero-order valence-electron chi connectivity index (χ0n) is 26.0. The van der Waals surface area contributed by atoms with E-state index >= 15 is 0 Å². The number of Topliss-reactive ketones (excluding diaryl/α,β-unsaturated/α-hetero) is 1. The predicted octanol–water partition coefficient (Wildman–Crippen LogP) is 6.83. The summed E-state index contributed by atoms with van der Waals surface area (Å²) < 4.78 is 0. The smallest absolute Gasteiger partial charge is 0.224 e. The van der Waals surface area contributed by atoms with Crippen LogP contribution >= 0.6 is 0 Å². The van der Waals surface area contributed by atoms with Crippen LogP contribution in [0, 0.1) is 11.3 Å². The predicted molar refractivity (Wildman–Crippen MR) is 171 cm³/mol. The average Bonchev–Trinajstić information content (AvgIpc) is 3.32. The van der Waals surface area contributed by atoms with Gasteiger partial charge in [-0.15, -0.1) is 13.2 Å². The van der Waals surface area contributed by atoms with Crippen molar-refractivity contribution in [2.45, 2.75) is 95.7 Å². The quantitative estimate of drug-likeness (QED) is 0.177. The molecule has 1 amide bonds. The van der Waals surface area contributed by atoms with Crippen molar-refractivity contribution in [2.24, 2.45) is 11.3 Å². The van der Waals surface area contributed by atoms with Crippen molar-refractivity contribution in [3.05, 3.63) is 66.7 Å². The third-order valence-electron chi connectivity index (χ3n) is 10.8. The topological polar surface area (TPSA) is 81.3 Å². The van der Waals surface area contributed by atoms with E-state index in [2.05, 4.69) is 51.5 Å². The lowest BCUT2D eigenvalue weighted by atomic mass is 9.87. The van der Waals surface area contributed by atoms with Crippen LogP contribution in [0.25, 0.3) is 11.3 Å². The molecule has 3 aliphatic heterocycles. The van der Waals surface area contributed by atoms with Crippen molar-refractivity contribution in [3.8, 4) is 11.3 Å². The molecule has 4 atom stereocenters. The van der Waals surface area contributed by atoms with E-state index in [9.17, 15) is 9.59 Å². The summed E-state index contributed by atoms with van der Waals surface area (Å²) in [6, 6.07) is 7.41. The number of aromatic nitrogens is 2. The minimum Gasteiger partial charge on any atom is -0.346 e. The number of fused-ring (bicyclic) bond motifs is 5. The molecular weight excluding hydrogens is 534 g/mol. The third-order valence-corrected chi connectivity index (χ3v) is 10.8. The first kappa shape index (κ1) is 30.0. The molecule has 6 rings (SSSR count). The lowest BCUT2D eigenvalue weighted by molar-refractivity contribution is -0.124. The van der Waals surface area contributed by atoms with E-state index in [0.717, 1.165) is 82.6 Å². The Morgan fingerprint density at radius 2 is 1.91 bits per heavy atom. The van der Waals surface area contributed by atoms with Crippen molar-refractivity contribution in [1.82, 2.24) is 25.1 Å². The van der Waals surface area contributed by atoms with Crippen LogP contribution < -0.4 is 5.32 Å². The van der Waals surface area contributed by atoms with Crippen molar-refractivity contribution in [2.75, 3.05) is 26.2 Å². The van der Waals surface area contributed by atoms with Crippen LogP contribution in [-0.2, 0) is 9.59 Å². The standard InChI is InChI=1S/C36H49N5O2/c1-4-19-40-21-17-36(18-22-40)23-28(36)35(43)39-29(14-9-7-8-11-25(42)6-3)34-37-24-30(38-34)26-12-10-13-27-31-15-16-32(33(26)27)41(31)20-5-2/h4-5,10,12-13,24,28-29,31-32H,1-2,6-9,11,14-23H2,3H3,(H,37,38)(H,39,43)/t28-,29+,31?,32?/m1/s1. The SMILES string of the molecule is C=CCN1CCC2(CC1)C[C@@H]2C(=O)N[C@@H](CCCCCC(=O)CC)c1ncc(-c2cccc3c2C2CCC3N2CC=C)[nH]1. The Kier molecular flexibility index (Phi) is 9.01. The van der Waals surface area contributed by atoms with Gasteiger partial charge in [-0.2, -0.15) is 0 Å². The molecule has 1 aliphatic carbocycles. The summed E-state index contributed by atoms with van der Waals surface area (Å²) in [6.07, 6.45) is 16.4. The second-order valence-electron chi connectivity index (χ2n) is 13.3. The molecule has 3 fully saturated rings. The first-order valence-corrected chi connectivity index (χ1v) is 16.7. The lowest BCUT2D eigenvalue weighted by Crippen LogP contribution is -2.38. The van der Waals surface area contributed by atoms with Gasteiger partial charge in [0.25, 0.3) is 0 Å². The van der Waals surface area contributed by atoms with E-state index in [1.807, 2.05) is 25.3 Å². The van der Waals surface area contributed by atoms with Gasteiger partial charge in [-0.3, -0.25) is 19.4 Å². The van der Waals surface area contributed by atoms with Crippen molar-refractivity contribution in [3.63, 3.8) is 0 Å². The highest BCUT2D eigenvalue weighted by atomic mass is 16.2. The van der Waals surface area contributed by atoms with Gasteiger partial charge in [-0.1, -0.05) is 50.1 Å². The van der Waals surface area contributed by atoms with Crippen LogP contribution in [0.15, 0.2) is 49.7 Å². The fraction of sp³-hybridized carbons (Fsp3) is 0.583. The van der Waals surface area contributed by atoms with Crippen LogP contribution in [0.4, 0.5) is 0 Å². The Morgan fingerprint density at radius 3 is 2.67 bits per heavy atom. The Balaban J connectivity index is 1.16. The number of benzene rings is 1. The molecule has 2 N–H and O–H groups in total. The van der Waals surface area contributed by atoms with Gasteiger partial charge in [0, 0.05) is 49.5 Å². The van der Waals surface area contributed by atoms with Gasteiger partial charge in [-0.05, 0) is 74.6 Å². The number of carbonyl (C=O) groups is 2. The molecule has 7 heteroatoms. The fourth-order valence-corrected chi connectivity index (χ4v) is 8.25. The number of imidazole rings is 1. The monoisotopic (exact) mass is 583 g/mol. The number of hydrogen-bond donors (Lipinski definition) is 2. The van der Waals surface area contributed by atoms with Crippen LogP contribution in [0.5, 0.6) is 0 Å². The highest BCUT2D eigenvalue weighted by Crippen LogP contribution is 2.59. The molecule has 2 bridgehead atoms. The van der Waals surface area contributed by atoms with Crippen molar-refractivity contribution < 1.29 is 9.59 Å². The minimum absolute atomic E-state index is 0.0984. The highest BCUT2D eigenvalue weighted by Gasteiger charge is 2.58. The molecular formula is C36H49N5O2. The summed E-state index contributed by atoms with van der Waals surface area (Å²) in [5.41, 5.74) is 5.30. The van der Waals surface area contributed by atoms with Crippen LogP contribution in [0.3, 0.4) is 0 Å². The Labute approximate surface area is 257 Å². The summed E-state index contributed by atoms with van der Waals surface area (Å²) >= 11 is 0. The molecule has 1 aromatic heterocycles. The number of piperidine rings is 1. The summed E-state index contributed by atoms with van der Waals surface area (Å²) in [6.45, 7) is 13.7. The molecule has 1 saturated carbocycles. The van der Waals surface area contributed by atoms with Gasteiger partial charge in [0.15, 0.2) is 0 Å². The summed E-state index contributed by atoms with van der Waals surface area (Å²) in [5, 5.41) is 3.43. The fourth-order valence-electron chi connectivity index (χ4n) is 8.25. The van der Waals surface area contributed by atoms with E-state index in [1.165, 1.54) is 29.5 Å². The van der Waals surface area contributed by atoms with Crippen molar-refractivity contribution in [1.29, 1.82) is 0 Å². The van der Waals surface area contributed by atoms with Crippen LogP contribution in [0.1, 0.15) is 113 Å². The summed E-state index contributed by atoms with van der Waals surface area (Å²) in [4.78, 5) is 39.0. The van der Waals surface area contributed by atoms with E-state index in [0.29, 0.717) is 30.7 Å². The van der Waals surface area contributed by atoms with E-state index in [-0.39, 0.29) is 23.3 Å². The number of H-pyrrole nitrogens is 1. The van der Waals surface area contributed by atoms with E-state index in [4.69, 9.17) is 4.98 Å². The largest absolute Gasteiger partial charge is 0.346 e. The van der Waals surface area contributed by atoms with Gasteiger partial charge in [-0.25, -0.2) is 4.98 Å². The summed E-state index contributed by atoms with van der Waals surface area (Å²) in [7, 11) is 0. The van der Waals surface area contributed by atoms with Crippen LogP contribution in [-0.4, -0.2) is 57.6 Å². The number of nitrogens with zero attached hydrogens (tertiary/aromatic N) is 3. The number of likely N-dealkylation sites (tertiary alicyclic amines) is 1. The molecule has 0 radical (unpaired) electrons. The lowest BCUT2D eigenvalue weighted by Gasteiger charge is -2.32. The molecule has 43 heavy (non-hydrogen) atoms. The number of rotatable bonds is 15. The molecule has 2 saturated heterocycles. The molecule has 2 aromatic rings. The molecule has 1 spiro atoms. The Bertz CT molecular complexity index is 1340. The Hall–Kier alpha value is -3.03. The maximum atomic E-state index is 13.7. The summed E-state index contributed by atoms with van der Waals surface area (Å²) in [5.74, 6) is 1.45. The first-order chi connectivity index (χ1) is 21.0. The maximum Gasteiger partial charge on any atom is 0.224 e. The van der Waals surface area contributed by atoms with Gasteiger partial charge in [0.05, 0.1) is 17.9 Å². The molecule has 230 valence electrons. The van der Waals surface area contributed by atoms with E-state index in [1.54, 1.807) is 0 Å². The number of nitrogens with one attached hydrogen (secondary N) is 2. The maximum absolute atomic E-state index is 13.7. The van der Waals surface area contributed by atoms with Gasteiger partial charge >= 0.3 is 0 Å². The number of unbranched alkanes of at least 4 members (excludes halogenated alkanes) is 2. The molecule has 4 heterocycles. The highest BCUT2D eigenvalue weighted by molar-refractivity contribution is 5.83. The number of hydrogen-bond acceptors (Lipinski definition) is 5. The Morgan fingerprint density at radius 1 is 1.12 bits per heavy atom. The zero-order chi connectivity index (χ0) is 30.0. The first-order valence-electron chi connectivity index (χ1n) is 16.7. The van der Waals surface area contributed by atoms with Crippen molar-refractivity contribution >= 4 is 11.7 Å². The average molecular weight is 584 g/mol. The van der Waals surface area contributed by atoms with E-state index < -0.39 is 0 Å². The third kappa shape index (κ3) is 6.03. The molecule has 2 unspecified atom stereocenters. The number of ketones is 1. The van der Waals surface area contributed by atoms with Gasteiger partial charge in [0.1, 0.15) is 11.6 Å². The molecule has 7 nitrogen and oxygen atoms in total. The van der Waals surface area contributed by atoms with Gasteiger partial charge in [0.2, 0.25) is 5.91 Å². The number of carbonyl (C=O) groups excluding carboxylic acids is 2. The molecule has 4 aliphatic rings. The van der Waals surface area contributed by atoms with Gasteiger partial charge < -0.3 is 10.3 Å². The van der Waals surface area contributed by atoms with Crippen LogP contribution in [0.2, 0.25) is 0 Å². The normalized spacial score (nSPS) is 24.5. The number of amides is 1. The second kappa shape index (κ2) is 12.9. The zero-order valence-corrected chi connectivity index (χ0v) is 26.0. The second-order valence-corrected chi connectivity index (χ2v) is 13.3. The minimum atomic E-state index is -0.160.